The summed E-state index contributed by atoms with van der Waals surface area (Å²) in [6, 6.07) is 24.3. The largest absolute Gasteiger partial charge is 0.440 e. The van der Waals surface area contributed by atoms with Gasteiger partial charge in [-0.3, -0.25) is 14.4 Å². The van der Waals surface area contributed by atoms with Gasteiger partial charge in [0.25, 0.3) is 0 Å². The topological polar surface area (TPSA) is 165 Å². The fraction of sp³-hybridized carbons (Fsp3) is 0.500. The van der Waals surface area contributed by atoms with Gasteiger partial charge in [0.05, 0.1) is 34.2 Å². The van der Waals surface area contributed by atoms with Crippen LogP contribution in [0.4, 0.5) is 18.0 Å². The molecule has 4 heterocycles. The summed E-state index contributed by atoms with van der Waals surface area (Å²) in [5.74, 6) is 1.30. The van der Waals surface area contributed by atoms with Crippen LogP contribution in [0, 0.1) is 23.7 Å². The Bertz CT molecular complexity index is 3160. The van der Waals surface area contributed by atoms with Crippen molar-refractivity contribution in [3.63, 3.8) is 0 Å². The lowest BCUT2D eigenvalue weighted by atomic mass is 9.84. The smallest absolute Gasteiger partial charge is 0.422 e. The van der Waals surface area contributed by atoms with Crippen molar-refractivity contribution >= 4 is 46.4 Å². The van der Waals surface area contributed by atoms with E-state index in [4.69, 9.17) is 9.97 Å². The molecule has 6 aliphatic carbocycles. The highest BCUT2D eigenvalue weighted by atomic mass is 19.4. The number of benzene rings is 4. The number of ether oxygens (including phenoxy) is 1. The third-order valence-corrected chi connectivity index (χ3v) is 17.4. The normalized spacial score (nSPS) is 23.3. The quantitative estimate of drug-likeness (QED) is 0.0886. The van der Waals surface area contributed by atoms with E-state index in [9.17, 15) is 32.3 Å². The molecule has 16 heteroatoms. The van der Waals surface area contributed by atoms with Crippen molar-refractivity contribution < 1.29 is 37.1 Å². The summed E-state index contributed by atoms with van der Waals surface area (Å²) in [7, 11) is 0. The third kappa shape index (κ3) is 10.2. The van der Waals surface area contributed by atoms with Crippen molar-refractivity contribution in [2.24, 2.45) is 23.7 Å². The molecule has 4 amide bonds. The van der Waals surface area contributed by atoms with Gasteiger partial charge in [-0.05, 0) is 157 Å². The van der Waals surface area contributed by atoms with Crippen LogP contribution in [-0.2, 0) is 44.8 Å². The molecule has 2 aromatic heterocycles. The van der Waals surface area contributed by atoms with Crippen LogP contribution in [-0.4, -0.2) is 91.0 Å². The molecular formula is C60H69F3N8O5. The van der Waals surface area contributed by atoms with Gasteiger partial charge in [-0.1, -0.05) is 102 Å². The van der Waals surface area contributed by atoms with E-state index in [-0.39, 0.29) is 41.8 Å². The van der Waals surface area contributed by atoms with Crippen molar-refractivity contribution in [1.29, 1.82) is 0 Å². The van der Waals surface area contributed by atoms with Crippen LogP contribution in [0.25, 0.3) is 44.3 Å². The van der Waals surface area contributed by atoms with Gasteiger partial charge >= 0.3 is 12.3 Å². The molecule has 6 aromatic rings. The summed E-state index contributed by atoms with van der Waals surface area (Å²) < 4.78 is 43.2. The van der Waals surface area contributed by atoms with E-state index >= 15 is 0 Å². The second kappa shape index (κ2) is 21.0. The zero-order valence-corrected chi connectivity index (χ0v) is 43.8. The van der Waals surface area contributed by atoms with E-state index in [0.29, 0.717) is 24.6 Å². The number of aromatic amines is 2. The molecule has 2 saturated heterocycles. The fourth-order valence-electron chi connectivity index (χ4n) is 13.6. The number of amides is 4. The van der Waals surface area contributed by atoms with Crippen molar-refractivity contribution in [2.45, 2.75) is 160 Å². The van der Waals surface area contributed by atoms with Gasteiger partial charge in [-0.25, -0.2) is 14.8 Å². The Kier molecular flexibility index (Phi) is 14.2. The summed E-state index contributed by atoms with van der Waals surface area (Å²) in [6.45, 7) is 5.75. The minimum absolute atomic E-state index is 0.0253. The van der Waals surface area contributed by atoms with E-state index in [0.717, 1.165) is 116 Å². The number of alkyl carbamates (subject to hydrolysis) is 1. The van der Waals surface area contributed by atoms with Crippen molar-refractivity contribution in [3.05, 3.63) is 107 Å². The standard InChI is InChI=1S/C60H69F3N8O5/c1-33(2)53(64-32-72)57(73)70-49-11-7-5-9-41(49)29-51(70)55-65-45-23-21-39(27-47(45)67-55)43-25-35-13-17-37(43)18-14-36-16-20-38(19-15-35)44(26-36)40-22-24-46-48(28-40)68-56(66-46)52-30-42-10-6-8-12-50(42)71(52)58(74)54(34(3)4)69-59(75)76-31-60(61,62)63/h13,16-17,20-28,32-34,41-42,49-54H,5-12,14-15,18-19,29-31H2,1-4H3,(H,64,72)(H,65,67)(H,66,68)(H,69,75)/t41-,42-,49-,50-,51-,52-,53?,54?/m0/s1. The van der Waals surface area contributed by atoms with Crippen LogP contribution in [0.5, 0.6) is 0 Å². The molecule has 13 nitrogen and oxygen atoms in total. The van der Waals surface area contributed by atoms with Crippen LogP contribution in [0.15, 0.2) is 72.8 Å². The number of alkyl halides is 3. The first-order valence-corrected chi connectivity index (χ1v) is 27.7. The SMILES string of the molecule is CC(C)C(NC=O)C(=O)N1[C@H](c2nc3ccc(-c4cc5ccc4CCc4ccc(c(-c6ccc7nc([C@@H]8C[C@@H]9CCCC[C@@H]9N8C(=O)C(NC(=O)OCC(F)(F)F)C(C)C)[nH]c7c6)c4)CC5)cc3[nH]2)C[C@@H]2CCCC[C@@H]21. The minimum Gasteiger partial charge on any atom is -0.440 e. The molecule has 8 aliphatic rings. The Balaban J connectivity index is 0.838. The number of aromatic nitrogens is 4. The first kappa shape index (κ1) is 51.4. The highest BCUT2D eigenvalue weighted by Crippen LogP contribution is 2.48. The van der Waals surface area contributed by atoms with Gasteiger partial charge < -0.3 is 35.1 Å². The van der Waals surface area contributed by atoms with Gasteiger partial charge in [-0.2, -0.15) is 13.2 Å². The summed E-state index contributed by atoms with van der Waals surface area (Å²) in [6.07, 6.45) is 7.66. The number of fused-ring (bicyclic) bond motifs is 4. The first-order valence-electron chi connectivity index (χ1n) is 27.7. The molecule has 2 saturated carbocycles. The molecule has 2 unspecified atom stereocenters. The number of halogens is 3. The maximum absolute atomic E-state index is 14.5. The van der Waals surface area contributed by atoms with E-state index in [1.54, 1.807) is 13.8 Å². The molecule has 76 heavy (non-hydrogen) atoms. The number of aryl methyl sites for hydroxylation is 4. The average molecular weight is 1040 g/mol. The Labute approximate surface area is 441 Å². The van der Waals surface area contributed by atoms with E-state index in [1.807, 2.05) is 24.8 Å². The highest BCUT2D eigenvalue weighted by Gasteiger charge is 2.50. The summed E-state index contributed by atoms with van der Waals surface area (Å²) >= 11 is 0. The molecule has 4 fully saturated rings. The van der Waals surface area contributed by atoms with E-state index < -0.39 is 42.9 Å². The van der Waals surface area contributed by atoms with E-state index in [2.05, 4.69) is 97.0 Å². The highest BCUT2D eigenvalue weighted by molar-refractivity contribution is 5.88. The molecule has 14 rings (SSSR count). The summed E-state index contributed by atoms with van der Waals surface area (Å²) in [5, 5.41) is 5.28. The molecule has 0 spiro atoms. The Hall–Kier alpha value is -6.71. The summed E-state index contributed by atoms with van der Waals surface area (Å²) in [5.41, 5.74) is 12.9. The molecular weight excluding hydrogens is 970 g/mol. The average Bonchev–Trinajstić information content (AvgIpc) is 4.21. The predicted octanol–water partition coefficient (Wildman–Crippen LogP) is 11.4. The summed E-state index contributed by atoms with van der Waals surface area (Å²) in [4.78, 5) is 74.5. The number of carbonyl (C=O) groups is 4. The van der Waals surface area contributed by atoms with E-state index in [1.165, 1.54) is 39.8 Å². The second-order valence-corrected chi connectivity index (χ2v) is 23.0. The van der Waals surface area contributed by atoms with Gasteiger partial charge in [-0.15, -0.1) is 0 Å². The van der Waals surface area contributed by atoms with Crippen LogP contribution >= 0.6 is 0 Å². The number of nitrogens with zero attached hydrogens (tertiary/aromatic N) is 4. The number of rotatable bonds is 12. The number of carbonyl (C=O) groups excluding carboxylic acids is 4. The molecule has 4 aromatic carbocycles. The number of imidazole rings is 2. The fourth-order valence-corrected chi connectivity index (χ4v) is 13.6. The van der Waals surface area contributed by atoms with Crippen LogP contribution in [0.3, 0.4) is 0 Å². The van der Waals surface area contributed by atoms with Crippen molar-refractivity contribution in [3.8, 4) is 22.3 Å². The maximum atomic E-state index is 14.5. The lowest BCUT2D eigenvalue weighted by Crippen LogP contribution is -2.54. The van der Waals surface area contributed by atoms with Crippen LogP contribution in [0.2, 0.25) is 0 Å². The van der Waals surface area contributed by atoms with Gasteiger partial charge in [0.1, 0.15) is 23.7 Å². The van der Waals surface area contributed by atoms with Gasteiger partial charge in [0, 0.05) is 12.1 Å². The first-order chi connectivity index (χ1) is 36.6. The number of H-pyrrole nitrogens is 2. The zero-order chi connectivity index (χ0) is 53.0. The van der Waals surface area contributed by atoms with Gasteiger partial charge in [0.15, 0.2) is 6.61 Å². The number of hydrogen-bond acceptors (Lipinski definition) is 7. The molecule has 4 bridgehead atoms. The Morgan fingerprint density at radius 1 is 0.658 bits per heavy atom. The molecule has 0 radical (unpaired) electrons. The molecule has 400 valence electrons. The third-order valence-electron chi connectivity index (χ3n) is 17.4. The molecule has 4 N–H and O–H groups in total. The predicted molar refractivity (Wildman–Crippen MR) is 285 cm³/mol. The monoisotopic (exact) mass is 1040 g/mol. The number of hydrogen-bond donors (Lipinski definition) is 4. The Morgan fingerprint density at radius 3 is 1.59 bits per heavy atom. The zero-order valence-electron chi connectivity index (χ0n) is 43.8. The Morgan fingerprint density at radius 2 is 1.13 bits per heavy atom. The van der Waals surface area contributed by atoms with Crippen molar-refractivity contribution in [2.75, 3.05) is 6.61 Å². The lowest BCUT2D eigenvalue weighted by molar-refractivity contribution is -0.160. The number of nitrogens with one attached hydrogen (secondary N) is 4. The van der Waals surface area contributed by atoms with Crippen LogP contribution < -0.4 is 10.6 Å². The molecule has 8 atom stereocenters. The number of likely N-dealkylation sites (tertiary alicyclic amines) is 2. The van der Waals surface area contributed by atoms with Crippen LogP contribution in [0.1, 0.15) is 138 Å². The van der Waals surface area contributed by atoms with Crippen molar-refractivity contribution in [1.82, 2.24) is 40.4 Å². The van der Waals surface area contributed by atoms with Gasteiger partial charge in [0.2, 0.25) is 18.2 Å². The molecule has 2 aliphatic heterocycles. The maximum Gasteiger partial charge on any atom is 0.422 e. The second-order valence-electron chi connectivity index (χ2n) is 23.0. The minimum atomic E-state index is -4.69. The lowest BCUT2D eigenvalue weighted by Gasteiger charge is -2.36.